The third-order valence-corrected chi connectivity index (χ3v) is 4.53. The normalized spacial score (nSPS) is 11.0. The van der Waals surface area contributed by atoms with Gasteiger partial charge in [-0.05, 0) is 51.3 Å². The van der Waals surface area contributed by atoms with Gasteiger partial charge in [-0.3, -0.25) is 9.59 Å². The second-order valence-corrected chi connectivity index (χ2v) is 7.16. The Hall–Kier alpha value is -3.05. The standard InChI is InChI=1S/C23H25N3O2/c1-16(27)24-18-12-10-17(11-13-18)22-15-20(23(28)9-6-14-26(2)3)19-7-4-5-8-21(19)25-22/h4-5,7-8,10-13,15H,6,9,14H2,1-3H3,(H,24,27). The van der Waals surface area contributed by atoms with E-state index in [0.29, 0.717) is 12.0 Å². The molecule has 0 saturated carbocycles. The lowest BCUT2D eigenvalue weighted by Crippen LogP contribution is -2.14. The van der Waals surface area contributed by atoms with E-state index in [-0.39, 0.29) is 11.7 Å². The van der Waals surface area contributed by atoms with Crippen LogP contribution in [0, 0.1) is 0 Å². The predicted molar refractivity (Wildman–Crippen MR) is 114 cm³/mol. The van der Waals surface area contributed by atoms with Crippen molar-refractivity contribution in [3.8, 4) is 11.3 Å². The van der Waals surface area contributed by atoms with Gasteiger partial charge in [0.05, 0.1) is 11.2 Å². The zero-order valence-electron chi connectivity index (χ0n) is 16.5. The van der Waals surface area contributed by atoms with Crippen molar-refractivity contribution in [1.29, 1.82) is 0 Å². The highest BCUT2D eigenvalue weighted by Crippen LogP contribution is 2.27. The molecule has 0 aliphatic rings. The first-order valence-electron chi connectivity index (χ1n) is 9.40. The Labute approximate surface area is 165 Å². The van der Waals surface area contributed by atoms with Gasteiger partial charge in [-0.25, -0.2) is 4.98 Å². The first-order chi connectivity index (χ1) is 13.4. The molecule has 3 rings (SSSR count). The molecule has 0 fully saturated rings. The summed E-state index contributed by atoms with van der Waals surface area (Å²) in [5.74, 6) is 0.0266. The zero-order chi connectivity index (χ0) is 20.1. The molecule has 1 heterocycles. The minimum absolute atomic E-state index is 0.109. The third-order valence-electron chi connectivity index (χ3n) is 4.53. The van der Waals surface area contributed by atoms with E-state index in [2.05, 4.69) is 10.2 Å². The van der Waals surface area contributed by atoms with Crippen LogP contribution in [0.4, 0.5) is 5.69 Å². The van der Waals surface area contributed by atoms with Crippen LogP contribution in [-0.2, 0) is 4.79 Å². The first kappa shape index (κ1) is 19.7. The van der Waals surface area contributed by atoms with Crippen LogP contribution in [0.2, 0.25) is 0 Å². The Morgan fingerprint density at radius 3 is 2.43 bits per heavy atom. The fourth-order valence-electron chi connectivity index (χ4n) is 3.17. The van der Waals surface area contributed by atoms with Crippen LogP contribution in [-0.4, -0.2) is 42.2 Å². The van der Waals surface area contributed by atoms with Gasteiger partial charge in [0, 0.05) is 35.5 Å². The fourth-order valence-corrected chi connectivity index (χ4v) is 3.17. The van der Waals surface area contributed by atoms with Gasteiger partial charge in [0.1, 0.15) is 0 Å². The number of aromatic nitrogens is 1. The van der Waals surface area contributed by atoms with E-state index >= 15 is 0 Å². The van der Waals surface area contributed by atoms with Crippen LogP contribution in [0.25, 0.3) is 22.2 Å². The Balaban J connectivity index is 1.95. The molecule has 5 heteroatoms. The number of fused-ring (bicyclic) bond motifs is 1. The van der Waals surface area contributed by atoms with Gasteiger partial charge in [-0.1, -0.05) is 30.3 Å². The maximum absolute atomic E-state index is 12.9. The van der Waals surface area contributed by atoms with E-state index in [9.17, 15) is 9.59 Å². The molecule has 0 atom stereocenters. The van der Waals surface area contributed by atoms with Crippen LogP contribution in [0.5, 0.6) is 0 Å². The maximum Gasteiger partial charge on any atom is 0.221 e. The number of carbonyl (C=O) groups excluding carboxylic acids is 2. The van der Waals surface area contributed by atoms with Crippen molar-refractivity contribution in [3.63, 3.8) is 0 Å². The number of benzene rings is 2. The van der Waals surface area contributed by atoms with E-state index in [4.69, 9.17) is 4.98 Å². The highest BCUT2D eigenvalue weighted by molar-refractivity contribution is 6.08. The van der Waals surface area contributed by atoms with Gasteiger partial charge < -0.3 is 10.2 Å². The molecule has 0 bridgehead atoms. The number of para-hydroxylation sites is 1. The maximum atomic E-state index is 12.9. The van der Waals surface area contributed by atoms with Crippen molar-refractivity contribution < 1.29 is 9.59 Å². The molecule has 1 amide bonds. The van der Waals surface area contributed by atoms with Crippen LogP contribution in [0.15, 0.2) is 54.6 Å². The molecule has 0 aliphatic carbocycles. The van der Waals surface area contributed by atoms with Crippen molar-refractivity contribution in [2.45, 2.75) is 19.8 Å². The average Bonchev–Trinajstić information content (AvgIpc) is 2.67. The molecule has 28 heavy (non-hydrogen) atoms. The first-order valence-corrected chi connectivity index (χ1v) is 9.40. The second kappa shape index (κ2) is 8.76. The number of nitrogens with one attached hydrogen (secondary N) is 1. The highest BCUT2D eigenvalue weighted by atomic mass is 16.1. The average molecular weight is 375 g/mol. The molecule has 0 unspecified atom stereocenters. The van der Waals surface area contributed by atoms with E-state index in [0.717, 1.165) is 40.8 Å². The Bertz CT molecular complexity index is 994. The molecule has 0 radical (unpaired) electrons. The smallest absolute Gasteiger partial charge is 0.221 e. The minimum atomic E-state index is -0.109. The van der Waals surface area contributed by atoms with Crippen LogP contribution >= 0.6 is 0 Å². The molecular formula is C23H25N3O2. The van der Waals surface area contributed by atoms with Gasteiger partial charge in [0.25, 0.3) is 0 Å². The lowest BCUT2D eigenvalue weighted by molar-refractivity contribution is -0.114. The van der Waals surface area contributed by atoms with Crippen molar-refractivity contribution in [3.05, 3.63) is 60.2 Å². The van der Waals surface area contributed by atoms with Gasteiger partial charge in [0.15, 0.2) is 5.78 Å². The second-order valence-electron chi connectivity index (χ2n) is 7.16. The molecule has 0 spiro atoms. The van der Waals surface area contributed by atoms with E-state index < -0.39 is 0 Å². The molecule has 3 aromatic rings. The number of hydrogen-bond acceptors (Lipinski definition) is 4. The molecule has 5 nitrogen and oxygen atoms in total. The Kier molecular flexibility index (Phi) is 6.16. The molecule has 0 aliphatic heterocycles. The zero-order valence-corrected chi connectivity index (χ0v) is 16.5. The summed E-state index contributed by atoms with van der Waals surface area (Å²) >= 11 is 0. The number of pyridine rings is 1. The molecule has 1 N–H and O–H groups in total. The Morgan fingerprint density at radius 1 is 1.04 bits per heavy atom. The predicted octanol–water partition coefficient (Wildman–Crippen LogP) is 4.38. The van der Waals surface area contributed by atoms with Crippen molar-refractivity contribution in [1.82, 2.24) is 9.88 Å². The quantitative estimate of drug-likeness (QED) is 0.622. The summed E-state index contributed by atoms with van der Waals surface area (Å²) in [5.41, 5.74) is 3.91. The summed E-state index contributed by atoms with van der Waals surface area (Å²) in [6.07, 6.45) is 1.33. The van der Waals surface area contributed by atoms with Gasteiger partial charge in [0.2, 0.25) is 5.91 Å². The summed E-state index contributed by atoms with van der Waals surface area (Å²) < 4.78 is 0. The molecular weight excluding hydrogens is 350 g/mol. The van der Waals surface area contributed by atoms with E-state index in [1.807, 2.05) is 68.7 Å². The minimum Gasteiger partial charge on any atom is -0.326 e. The monoisotopic (exact) mass is 375 g/mol. The van der Waals surface area contributed by atoms with Crippen molar-refractivity contribution in [2.24, 2.45) is 0 Å². The molecule has 2 aromatic carbocycles. The fraction of sp³-hybridized carbons (Fsp3) is 0.261. The summed E-state index contributed by atoms with van der Waals surface area (Å²) in [4.78, 5) is 30.9. The van der Waals surface area contributed by atoms with Crippen LogP contribution < -0.4 is 5.32 Å². The lowest BCUT2D eigenvalue weighted by Gasteiger charge is -2.11. The number of ketones is 1. The number of amides is 1. The molecule has 0 saturated heterocycles. The topological polar surface area (TPSA) is 62.3 Å². The molecule has 144 valence electrons. The number of anilines is 1. The highest BCUT2D eigenvalue weighted by Gasteiger charge is 2.14. The third kappa shape index (κ3) is 4.81. The summed E-state index contributed by atoms with van der Waals surface area (Å²) in [6.45, 7) is 2.36. The summed E-state index contributed by atoms with van der Waals surface area (Å²) in [7, 11) is 4.02. The van der Waals surface area contributed by atoms with E-state index in [1.165, 1.54) is 6.92 Å². The van der Waals surface area contributed by atoms with Gasteiger partial charge in [-0.2, -0.15) is 0 Å². The summed E-state index contributed by atoms with van der Waals surface area (Å²) in [5, 5.41) is 3.64. The number of rotatable bonds is 7. The summed E-state index contributed by atoms with van der Waals surface area (Å²) in [6, 6.07) is 17.1. The Morgan fingerprint density at radius 2 is 1.75 bits per heavy atom. The van der Waals surface area contributed by atoms with Crippen molar-refractivity contribution in [2.75, 3.05) is 26.0 Å². The lowest BCUT2D eigenvalue weighted by atomic mass is 9.99. The van der Waals surface area contributed by atoms with Crippen LogP contribution in [0.3, 0.4) is 0 Å². The van der Waals surface area contributed by atoms with Crippen LogP contribution in [0.1, 0.15) is 30.1 Å². The van der Waals surface area contributed by atoms with Crippen molar-refractivity contribution >= 4 is 28.3 Å². The van der Waals surface area contributed by atoms with Gasteiger partial charge in [-0.15, -0.1) is 0 Å². The van der Waals surface area contributed by atoms with E-state index in [1.54, 1.807) is 0 Å². The number of Topliss-reactive ketones (excluding diaryl/α,β-unsaturated/α-hetero) is 1. The van der Waals surface area contributed by atoms with Gasteiger partial charge >= 0.3 is 0 Å². The SMILES string of the molecule is CC(=O)Nc1ccc(-c2cc(C(=O)CCCN(C)C)c3ccccc3n2)cc1. The number of hydrogen-bond donors (Lipinski definition) is 1. The number of carbonyl (C=O) groups is 2. The number of nitrogens with zero attached hydrogens (tertiary/aromatic N) is 2. The largest absolute Gasteiger partial charge is 0.326 e. The molecule has 1 aromatic heterocycles.